The van der Waals surface area contributed by atoms with Crippen LogP contribution >= 0.6 is 23.2 Å². The van der Waals surface area contributed by atoms with Gasteiger partial charge in [-0.3, -0.25) is 14.6 Å². The van der Waals surface area contributed by atoms with Gasteiger partial charge >= 0.3 is 5.97 Å². The van der Waals surface area contributed by atoms with Crippen LogP contribution in [0.5, 0.6) is 0 Å². The predicted molar refractivity (Wildman–Crippen MR) is 135 cm³/mol. The highest BCUT2D eigenvalue weighted by molar-refractivity contribution is 6.36. The van der Waals surface area contributed by atoms with Crippen LogP contribution in [-0.4, -0.2) is 22.6 Å². The number of benzene rings is 2. The number of hydrogen-bond donors (Lipinski definition) is 3. The second kappa shape index (κ2) is 9.44. The van der Waals surface area contributed by atoms with E-state index in [4.69, 9.17) is 23.2 Å². The summed E-state index contributed by atoms with van der Waals surface area (Å²) in [5, 5.41) is 17.4. The number of anilines is 2. The normalized spacial score (nSPS) is 13.0. The first-order valence-electron chi connectivity index (χ1n) is 10.7. The largest absolute Gasteiger partial charge is 0.479 e. The molecule has 34 heavy (non-hydrogen) atoms. The quantitative estimate of drug-likeness (QED) is 0.290. The van der Waals surface area contributed by atoms with Crippen LogP contribution in [0.3, 0.4) is 0 Å². The second-order valence-corrected chi connectivity index (χ2v) is 8.79. The molecule has 0 aliphatic rings. The second-order valence-electron chi connectivity index (χ2n) is 7.97. The molecule has 0 aliphatic heterocycles. The van der Waals surface area contributed by atoms with E-state index in [1.807, 2.05) is 19.1 Å². The molecule has 0 aliphatic carbocycles. The lowest BCUT2D eigenvalue weighted by atomic mass is 9.82. The summed E-state index contributed by atoms with van der Waals surface area (Å²) in [5.41, 5.74) is -1.96. The topological polar surface area (TPSA) is 108 Å². The zero-order valence-corrected chi connectivity index (χ0v) is 19.7. The molecule has 3 aromatic carbocycles. The van der Waals surface area contributed by atoms with E-state index in [2.05, 4.69) is 15.6 Å². The fourth-order valence-electron chi connectivity index (χ4n) is 4.02. The van der Waals surface area contributed by atoms with Crippen LogP contribution in [0.1, 0.15) is 24.5 Å². The summed E-state index contributed by atoms with van der Waals surface area (Å²) in [4.78, 5) is 41.9. The Morgan fingerprint density at radius 2 is 1.74 bits per heavy atom. The lowest BCUT2D eigenvalue weighted by Gasteiger charge is -2.34. The van der Waals surface area contributed by atoms with Gasteiger partial charge in [0.25, 0.3) is 10.9 Å². The van der Waals surface area contributed by atoms with Gasteiger partial charge in [0.05, 0.1) is 5.52 Å². The fourth-order valence-corrected chi connectivity index (χ4v) is 4.74. The van der Waals surface area contributed by atoms with Crippen molar-refractivity contribution in [3.05, 3.63) is 96.3 Å². The Morgan fingerprint density at radius 3 is 2.41 bits per heavy atom. The number of carboxylic acids is 1. The molecule has 4 rings (SSSR count). The van der Waals surface area contributed by atoms with Crippen molar-refractivity contribution < 1.29 is 9.90 Å². The molecule has 0 radical (unpaired) electrons. The number of halogens is 2. The Balaban J connectivity index is 1.90. The predicted octanol–water partition coefficient (Wildman–Crippen LogP) is 4.59. The van der Waals surface area contributed by atoms with Crippen LogP contribution in [0.4, 0.5) is 11.4 Å². The van der Waals surface area contributed by atoms with Gasteiger partial charge in [-0.05, 0) is 42.3 Å². The average molecular weight is 498 g/mol. The molecule has 1 heterocycles. The molecule has 4 aromatic rings. The first kappa shape index (κ1) is 23.7. The zero-order valence-electron chi connectivity index (χ0n) is 18.2. The first-order valence-corrected chi connectivity index (χ1v) is 11.4. The minimum absolute atomic E-state index is 0.0587. The molecule has 174 valence electrons. The summed E-state index contributed by atoms with van der Waals surface area (Å²) in [7, 11) is 0. The Morgan fingerprint density at radius 1 is 1.03 bits per heavy atom. The summed E-state index contributed by atoms with van der Waals surface area (Å²) in [6.45, 7) is 2.36. The molecule has 0 saturated heterocycles. The van der Waals surface area contributed by atoms with Crippen LogP contribution in [0.25, 0.3) is 10.9 Å². The van der Waals surface area contributed by atoms with Gasteiger partial charge in [-0.2, -0.15) is 0 Å². The minimum atomic E-state index is -1.93. The monoisotopic (exact) mass is 497 g/mol. The Hall–Kier alpha value is -3.42. The van der Waals surface area contributed by atoms with E-state index in [1.165, 1.54) is 12.1 Å². The van der Waals surface area contributed by atoms with Gasteiger partial charge in [-0.25, -0.2) is 4.79 Å². The van der Waals surface area contributed by atoms with Gasteiger partial charge in [-0.15, -0.1) is 0 Å². The summed E-state index contributed by atoms with van der Waals surface area (Å²) in [6, 6.07) is 13.7. The van der Waals surface area contributed by atoms with Crippen molar-refractivity contribution in [2.45, 2.75) is 25.3 Å². The van der Waals surface area contributed by atoms with Gasteiger partial charge in [0.15, 0.2) is 5.54 Å². The molecule has 0 fully saturated rings. The number of carboxylic acid groups (broad SMARTS) is 1. The maximum Gasteiger partial charge on any atom is 0.334 e. The molecule has 9 heteroatoms. The third kappa shape index (κ3) is 4.13. The number of hydrogen-bond acceptors (Lipinski definition) is 6. The van der Waals surface area contributed by atoms with Crippen LogP contribution in [0.15, 0.2) is 64.3 Å². The van der Waals surface area contributed by atoms with Gasteiger partial charge in [-0.1, -0.05) is 48.3 Å². The maximum atomic E-state index is 12.9. The van der Waals surface area contributed by atoms with Crippen LogP contribution in [0, 0.1) is 0 Å². The third-order valence-electron chi connectivity index (χ3n) is 5.69. The molecular weight excluding hydrogens is 477 g/mol. The van der Waals surface area contributed by atoms with E-state index in [0.29, 0.717) is 18.5 Å². The SMILES string of the molecule is CCCNc1c(NC(Cc2ccc3ncccc3c2)(C(=O)O)c2c(Cl)cccc2Cl)c(=O)c1=O. The molecular formula is C25H21Cl2N3O4. The van der Waals surface area contributed by atoms with E-state index in [9.17, 15) is 19.5 Å². The lowest BCUT2D eigenvalue weighted by molar-refractivity contribution is -0.142. The molecule has 1 atom stereocenters. The van der Waals surface area contributed by atoms with Crippen molar-refractivity contribution in [3.8, 4) is 0 Å². The highest BCUT2D eigenvalue weighted by Gasteiger charge is 2.46. The van der Waals surface area contributed by atoms with Crippen LogP contribution < -0.4 is 21.5 Å². The van der Waals surface area contributed by atoms with Crippen LogP contribution in [0.2, 0.25) is 10.0 Å². The van der Waals surface area contributed by atoms with Crippen molar-refractivity contribution >= 4 is 51.4 Å². The average Bonchev–Trinajstić information content (AvgIpc) is 2.82. The smallest absolute Gasteiger partial charge is 0.334 e. The standard InChI is InChI=1S/C25H21Cl2N3O4/c1-2-10-29-20-21(23(32)22(20)31)30-25(24(33)34,19-16(26)6-3-7-17(19)27)13-14-8-9-18-15(12-14)5-4-11-28-18/h3-9,11-12,29-30H,2,10,13H2,1H3,(H,33,34). The van der Waals surface area contributed by atoms with E-state index >= 15 is 0 Å². The number of nitrogens with zero attached hydrogens (tertiary/aromatic N) is 1. The number of aliphatic carboxylic acids is 1. The molecule has 1 aromatic heterocycles. The van der Waals surface area contributed by atoms with Gasteiger partial charge in [0, 0.05) is 40.2 Å². The fraction of sp³-hybridized carbons (Fsp3) is 0.200. The summed E-state index contributed by atoms with van der Waals surface area (Å²) in [6.07, 6.45) is 2.28. The van der Waals surface area contributed by atoms with Crippen molar-refractivity contribution in [1.29, 1.82) is 0 Å². The number of aromatic nitrogens is 1. The summed E-state index contributed by atoms with van der Waals surface area (Å²) < 4.78 is 0. The summed E-state index contributed by atoms with van der Waals surface area (Å²) >= 11 is 12.9. The van der Waals surface area contributed by atoms with Crippen molar-refractivity contribution in [1.82, 2.24) is 4.98 Å². The zero-order chi connectivity index (χ0) is 24.5. The number of carbonyl (C=O) groups is 1. The molecule has 0 saturated carbocycles. The number of rotatable bonds is 9. The van der Waals surface area contributed by atoms with Crippen molar-refractivity contribution in [2.24, 2.45) is 0 Å². The van der Waals surface area contributed by atoms with E-state index < -0.39 is 22.4 Å². The molecule has 7 nitrogen and oxygen atoms in total. The highest BCUT2D eigenvalue weighted by atomic mass is 35.5. The van der Waals surface area contributed by atoms with Gasteiger partial charge < -0.3 is 15.7 Å². The van der Waals surface area contributed by atoms with E-state index in [1.54, 1.807) is 30.5 Å². The Labute approximate surface area is 205 Å². The number of pyridine rings is 1. The Kier molecular flexibility index (Phi) is 6.59. The molecule has 0 amide bonds. The van der Waals surface area contributed by atoms with Crippen molar-refractivity contribution in [2.75, 3.05) is 17.2 Å². The lowest BCUT2D eigenvalue weighted by Crippen LogP contribution is -2.50. The highest BCUT2D eigenvalue weighted by Crippen LogP contribution is 2.40. The molecule has 3 N–H and O–H groups in total. The number of nitrogens with one attached hydrogen (secondary N) is 2. The van der Waals surface area contributed by atoms with E-state index in [0.717, 1.165) is 10.9 Å². The molecule has 0 bridgehead atoms. The molecule has 1 unspecified atom stereocenters. The summed E-state index contributed by atoms with van der Waals surface area (Å²) in [5.74, 6) is -1.30. The van der Waals surface area contributed by atoms with Gasteiger partial charge in [0.2, 0.25) is 0 Å². The molecule has 0 spiro atoms. The van der Waals surface area contributed by atoms with E-state index in [-0.39, 0.29) is 33.4 Å². The number of fused-ring (bicyclic) bond motifs is 1. The van der Waals surface area contributed by atoms with Gasteiger partial charge in [0.1, 0.15) is 11.4 Å². The maximum absolute atomic E-state index is 12.9. The first-order chi connectivity index (χ1) is 16.3. The Bertz CT molecular complexity index is 1440. The van der Waals surface area contributed by atoms with Crippen molar-refractivity contribution in [3.63, 3.8) is 0 Å². The minimum Gasteiger partial charge on any atom is -0.479 e. The third-order valence-corrected chi connectivity index (χ3v) is 6.32. The van der Waals surface area contributed by atoms with Crippen LogP contribution in [-0.2, 0) is 16.8 Å².